The predicted octanol–water partition coefficient (Wildman–Crippen LogP) is 3.50. The van der Waals surface area contributed by atoms with Gasteiger partial charge < -0.3 is 4.74 Å². The van der Waals surface area contributed by atoms with Crippen molar-refractivity contribution in [1.29, 1.82) is 0 Å². The van der Waals surface area contributed by atoms with Gasteiger partial charge >= 0.3 is 5.97 Å². The Kier molecular flexibility index (Phi) is 4.45. The molecule has 2 rings (SSSR count). The lowest BCUT2D eigenvalue weighted by molar-refractivity contribution is -0.143. The highest BCUT2D eigenvalue weighted by Gasteiger charge is 2.14. The number of fused-ring (bicyclic) bond motifs is 1. The number of hydrogen-bond acceptors (Lipinski definition) is 3. The van der Waals surface area contributed by atoms with Gasteiger partial charge in [0.15, 0.2) is 5.78 Å². The van der Waals surface area contributed by atoms with Crippen LogP contribution in [-0.2, 0) is 9.53 Å². The van der Waals surface area contributed by atoms with E-state index in [4.69, 9.17) is 4.74 Å². The number of carbonyl (C=O) groups is 2. The van der Waals surface area contributed by atoms with Crippen LogP contribution < -0.4 is 0 Å². The van der Waals surface area contributed by atoms with Crippen LogP contribution in [0.25, 0.3) is 10.8 Å². The van der Waals surface area contributed by atoms with E-state index in [2.05, 4.69) is 0 Å². The normalized spacial score (nSPS) is 10.5. The lowest BCUT2D eigenvalue weighted by atomic mass is 9.99. The summed E-state index contributed by atoms with van der Waals surface area (Å²) in [7, 11) is 0. The second-order valence-corrected chi connectivity index (χ2v) is 4.37. The number of carbonyl (C=O) groups excluding carboxylic acids is 2. The monoisotopic (exact) mass is 274 g/mol. The van der Waals surface area contributed by atoms with Crippen molar-refractivity contribution in [1.82, 2.24) is 0 Å². The van der Waals surface area contributed by atoms with Crippen molar-refractivity contribution < 1.29 is 18.7 Å². The standard InChI is InChI=1S/C16H15FO3/c1-2-20-16(19)10-9-15(18)13-7-8-14(17)12-6-4-3-5-11(12)13/h3-8H,2,9-10H2,1H3. The molecule has 0 saturated carbocycles. The molecule has 3 nitrogen and oxygen atoms in total. The van der Waals surface area contributed by atoms with E-state index in [1.165, 1.54) is 12.1 Å². The minimum absolute atomic E-state index is 0.0401. The summed E-state index contributed by atoms with van der Waals surface area (Å²) in [6.07, 6.45) is 0.104. The molecule has 0 aromatic heterocycles. The van der Waals surface area contributed by atoms with E-state index in [0.717, 1.165) is 0 Å². The highest BCUT2D eigenvalue weighted by molar-refractivity contribution is 6.08. The Morgan fingerprint density at radius 3 is 2.45 bits per heavy atom. The number of halogens is 1. The number of benzene rings is 2. The minimum atomic E-state index is -0.396. The molecule has 0 aliphatic rings. The van der Waals surface area contributed by atoms with Gasteiger partial charge in [0.1, 0.15) is 5.82 Å². The topological polar surface area (TPSA) is 43.4 Å². The third kappa shape index (κ3) is 3.02. The van der Waals surface area contributed by atoms with Gasteiger partial charge in [-0.15, -0.1) is 0 Å². The Morgan fingerprint density at radius 1 is 1.05 bits per heavy atom. The second-order valence-electron chi connectivity index (χ2n) is 4.37. The van der Waals surface area contributed by atoms with E-state index >= 15 is 0 Å². The molecule has 0 saturated heterocycles. The van der Waals surface area contributed by atoms with Gasteiger partial charge in [-0.1, -0.05) is 24.3 Å². The van der Waals surface area contributed by atoms with Crippen molar-refractivity contribution in [2.75, 3.05) is 6.61 Å². The van der Waals surface area contributed by atoms with E-state index in [9.17, 15) is 14.0 Å². The van der Waals surface area contributed by atoms with Gasteiger partial charge in [0.25, 0.3) is 0 Å². The Morgan fingerprint density at radius 2 is 1.75 bits per heavy atom. The number of Topliss-reactive ketones (excluding diaryl/α,β-unsaturated/α-hetero) is 1. The smallest absolute Gasteiger partial charge is 0.306 e. The van der Waals surface area contributed by atoms with Gasteiger partial charge in [0.05, 0.1) is 13.0 Å². The van der Waals surface area contributed by atoms with Crippen molar-refractivity contribution >= 4 is 22.5 Å². The Bertz CT molecular complexity index is 649. The Balaban J connectivity index is 2.23. The van der Waals surface area contributed by atoms with Gasteiger partial charge in [-0.3, -0.25) is 9.59 Å². The van der Waals surface area contributed by atoms with Gasteiger partial charge in [0, 0.05) is 17.4 Å². The molecule has 0 heterocycles. The van der Waals surface area contributed by atoms with Crippen LogP contribution in [-0.4, -0.2) is 18.4 Å². The molecule has 0 radical (unpaired) electrons. The number of esters is 1. The van der Waals surface area contributed by atoms with Crippen molar-refractivity contribution in [2.24, 2.45) is 0 Å². The molecule has 2 aromatic carbocycles. The molecule has 0 N–H and O–H groups in total. The quantitative estimate of drug-likeness (QED) is 0.619. The summed E-state index contributed by atoms with van der Waals surface area (Å²) in [4.78, 5) is 23.4. The first kappa shape index (κ1) is 14.2. The second kappa shape index (κ2) is 6.28. The van der Waals surface area contributed by atoms with Crippen LogP contribution in [0, 0.1) is 5.82 Å². The van der Waals surface area contributed by atoms with Crippen LogP contribution in [0.5, 0.6) is 0 Å². The van der Waals surface area contributed by atoms with Crippen LogP contribution in [0.1, 0.15) is 30.1 Å². The minimum Gasteiger partial charge on any atom is -0.466 e. The fourth-order valence-electron chi connectivity index (χ4n) is 2.09. The zero-order valence-electron chi connectivity index (χ0n) is 11.2. The van der Waals surface area contributed by atoms with Gasteiger partial charge in [-0.05, 0) is 24.4 Å². The van der Waals surface area contributed by atoms with Crippen LogP contribution >= 0.6 is 0 Å². The maximum atomic E-state index is 13.7. The molecule has 4 heteroatoms. The van der Waals surface area contributed by atoms with Crippen LogP contribution in [0.15, 0.2) is 36.4 Å². The molecule has 104 valence electrons. The summed E-state index contributed by atoms with van der Waals surface area (Å²) in [6.45, 7) is 2.01. The number of ketones is 1. The molecule has 0 spiro atoms. The molecular formula is C16H15FO3. The van der Waals surface area contributed by atoms with Gasteiger partial charge in [0.2, 0.25) is 0 Å². The van der Waals surface area contributed by atoms with Crippen LogP contribution in [0.3, 0.4) is 0 Å². The third-order valence-corrected chi connectivity index (χ3v) is 3.03. The zero-order valence-corrected chi connectivity index (χ0v) is 11.2. The average Bonchev–Trinajstić information content (AvgIpc) is 2.46. The largest absolute Gasteiger partial charge is 0.466 e. The van der Waals surface area contributed by atoms with Crippen molar-refractivity contribution in [3.8, 4) is 0 Å². The fourth-order valence-corrected chi connectivity index (χ4v) is 2.09. The Labute approximate surface area is 116 Å². The first-order valence-electron chi connectivity index (χ1n) is 6.49. The molecule has 0 aliphatic carbocycles. The zero-order chi connectivity index (χ0) is 14.5. The van der Waals surface area contributed by atoms with Gasteiger partial charge in [-0.2, -0.15) is 0 Å². The van der Waals surface area contributed by atoms with E-state index in [0.29, 0.717) is 22.9 Å². The van der Waals surface area contributed by atoms with E-state index in [1.807, 2.05) is 0 Å². The fraction of sp³-hybridized carbons (Fsp3) is 0.250. The lowest BCUT2D eigenvalue weighted by Crippen LogP contribution is -2.08. The van der Waals surface area contributed by atoms with Crippen molar-refractivity contribution in [3.63, 3.8) is 0 Å². The average molecular weight is 274 g/mol. The third-order valence-electron chi connectivity index (χ3n) is 3.03. The maximum Gasteiger partial charge on any atom is 0.306 e. The molecular weight excluding hydrogens is 259 g/mol. The first-order valence-corrected chi connectivity index (χ1v) is 6.49. The highest BCUT2D eigenvalue weighted by Crippen LogP contribution is 2.23. The highest BCUT2D eigenvalue weighted by atomic mass is 19.1. The molecule has 0 aliphatic heterocycles. The summed E-state index contributed by atoms with van der Waals surface area (Å²) in [5.41, 5.74) is 0.436. The summed E-state index contributed by atoms with van der Waals surface area (Å²) >= 11 is 0. The van der Waals surface area contributed by atoms with Gasteiger partial charge in [-0.25, -0.2) is 4.39 Å². The molecule has 0 fully saturated rings. The van der Waals surface area contributed by atoms with Crippen LogP contribution in [0.2, 0.25) is 0 Å². The first-order chi connectivity index (χ1) is 9.63. The van der Waals surface area contributed by atoms with Crippen molar-refractivity contribution in [2.45, 2.75) is 19.8 Å². The number of hydrogen-bond donors (Lipinski definition) is 0. The number of ether oxygens (including phenoxy) is 1. The molecule has 0 bridgehead atoms. The summed E-state index contributed by atoms with van der Waals surface area (Å²) in [5, 5.41) is 0.982. The van der Waals surface area contributed by atoms with Crippen molar-refractivity contribution in [3.05, 3.63) is 47.8 Å². The lowest BCUT2D eigenvalue weighted by Gasteiger charge is -2.06. The summed E-state index contributed by atoms with van der Waals surface area (Å²) < 4.78 is 18.4. The molecule has 20 heavy (non-hydrogen) atoms. The van der Waals surface area contributed by atoms with Crippen LogP contribution in [0.4, 0.5) is 4.39 Å². The van der Waals surface area contributed by atoms with E-state index in [-0.39, 0.29) is 24.4 Å². The number of rotatable bonds is 5. The summed E-state index contributed by atoms with van der Waals surface area (Å²) in [5.74, 6) is -0.941. The maximum absolute atomic E-state index is 13.7. The molecule has 2 aromatic rings. The summed E-state index contributed by atoms with van der Waals surface area (Å²) in [6, 6.07) is 9.55. The SMILES string of the molecule is CCOC(=O)CCC(=O)c1ccc(F)c2ccccc12. The predicted molar refractivity (Wildman–Crippen MR) is 74.1 cm³/mol. The molecule has 0 atom stereocenters. The molecule has 0 unspecified atom stereocenters. The van der Waals surface area contributed by atoms with E-state index in [1.54, 1.807) is 31.2 Å². The Hall–Kier alpha value is -2.23. The van der Waals surface area contributed by atoms with E-state index < -0.39 is 5.97 Å². The molecule has 0 amide bonds.